The van der Waals surface area contributed by atoms with Crippen LogP contribution in [0.25, 0.3) is 0 Å². The molecule has 2 fully saturated rings. The molecule has 0 unspecified atom stereocenters. The summed E-state index contributed by atoms with van der Waals surface area (Å²) in [4.78, 5) is 18.9. The molecule has 38 heavy (non-hydrogen) atoms. The van der Waals surface area contributed by atoms with Crippen molar-refractivity contribution < 1.29 is 37.3 Å². The normalized spacial score (nSPS) is 22.3. The van der Waals surface area contributed by atoms with Crippen molar-refractivity contribution in [2.24, 2.45) is 10.8 Å². The Labute approximate surface area is 222 Å². The molecular weight excluding hydrogens is 498 g/mol. The van der Waals surface area contributed by atoms with E-state index in [1.807, 2.05) is 27.7 Å². The Bertz CT molecular complexity index is 1180. The lowest BCUT2D eigenvalue weighted by atomic mass is 9.58. The number of aliphatic hydroxyl groups is 1. The first-order chi connectivity index (χ1) is 17.6. The van der Waals surface area contributed by atoms with E-state index in [-0.39, 0.29) is 31.2 Å². The van der Waals surface area contributed by atoms with E-state index < -0.39 is 34.3 Å². The van der Waals surface area contributed by atoms with Gasteiger partial charge in [0.25, 0.3) is 5.91 Å². The maximum Gasteiger partial charge on any atom is 0.352 e. The average molecular weight is 537 g/mol. The van der Waals surface area contributed by atoms with Gasteiger partial charge in [-0.2, -0.15) is 8.78 Å². The zero-order chi connectivity index (χ0) is 28.1. The zero-order valence-electron chi connectivity index (χ0n) is 23.2. The van der Waals surface area contributed by atoms with Gasteiger partial charge in [0.2, 0.25) is 5.89 Å². The highest BCUT2D eigenvalue weighted by atomic mass is 19.3. The first-order valence-corrected chi connectivity index (χ1v) is 12.9. The van der Waals surface area contributed by atoms with Crippen molar-refractivity contribution in [3.63, 3.8) is 0 Å². The molecule has 1 aliphatic carbocycles. The SMILES string of the molecule is COc1ccc(Oc2oc([C@@H]3CCCN3C(=O)C(F)(F)C3(O)CC(C)(C)CC(C)(C)C3)nc2C)cc1OC. The van der Waals surface area contributed by atoms with E-state index >= 15 is 8.78 Å². The molecule has 1 amide bonds. The molecule has 4 rings (SSSR count). The van der Waals surface area contributed by atoms with Crippen molar-refractivity contribution in [1.82, 2.24) is 9.88 Å². The van der Waals surface area contributed by atoms with E-state index in [1.165, 1.54) is 14.2 Å². The maximum atomic E-state index is 15.9. The number of alkyl halides is 2. The second kappa shape index (κ2) is 9.70. The summed E-state index contributed by atoms with van der Waals surface area (Å²) in [6.45, 7) is 9.21. The topological polar surface area (TPSA) is 94.3 Å². The van der Waals surface area contributed by atoms with E-state index in [0.29, 0.717) is 42.2 Å². The number of hydrogen-bond donors (Lipinski definition) is 1. The fourth-order valence-electron chi connectivity index (χ4n) is 6.56. The van der Waals surface area contributed by atoms with Crippen LogP contribution in [-0.2, 0) is 4.79 Å². The zero-order valence-corrected chi connectivity index (χ0v) is 23.2. The van der Waals surface area contributed by atoms with Gasteiger partial charge in [0.05, 0.1) is 14.2 Å². The number of hydrogen-bond acceptors (Lipinski definition) is 7. The van der Waals surface area contributed by atoms with Crippen LogP contribution in [0.5, 0.6) is 23.2 Å². The molecule has 1 aromatic heterocycles. The van der Waals surface area contributed by atoms with Crippen LogP contribution in [0, 0.1) is 17.8 Å². The molecule has 1 saturated carbocycles. The number of nitrogens with zero attached hydrogens (tertiary/aromatic N) is 2. The first kappa shape index (κ1) is 28.1. The Morgan fingerprint density at radius 1 is 1.11 bits per heavy atom. The predicted octanol–water partition coefficient (Wildman–Crippen LogP) is 6.06. The van der Waals surface area contributed by atoms with Gasteiger partial charge in [-0.1, -0.05) is 27.7 Å². The number of halogens is 2. The van der Waals surface area contributed by atoms with Crippen molar-refractivity contribution in [2.75, 3.05) is 20.8 Å². The molecule has 8 nitrogen and oxygen atoms in total. The molecule has 1 aliphatic heterocycles. The predicted molar refractivity (Wildman–Crippen MR) is 136 cm³/mol. The Kier molecular flexibility index (Phi) is 7.18. The van der Waals surface area contributed by atoms with Crippen LogP contribution in [0.15, 0.2) is 22.6 Å². The van der Waals surface area contributed by atoms with Crippen molar-refractivity contribution in [2.45, 2.75) is 84.3 Å². The minimum absolute atomic E-state index is 0.0905. The highest BCUT2D eigenvalue weighted by molar-refractivity contribution is 5.85. The fourth-order valence-corrected chi connectivity index (χ4v) is 6.56. The van der Waals surface area contributed by atoms with Gasteiger partial charge in [0, 0.05) is 12.6 Å². The number of rotatable bonds is 7. The van der Waals surface area contributed by atoms with Crippen LogP contribution in [0.4, 0.5) is 8.78 Å². The van der Waals surface area contributed by atoms with Gasteiger partial charge >= 0.3 is 11.9 Å². The number of oxazole rings is 1. The lowest BCUT2D eigenvalue weighted by Crippen LogP contribution is -2.62. The summed E-state index contributed by atoms with van der Waals surface area (Å²) in [5.74, 6) is -3.75. The molecule has 210 valence electrons. The number of amides is 1. The number of carbonyl (C=O) groups excluding carboxylic acids is 1. The van der Waals surface area contributed by atoms with Crippen molar-refractivity contribution in [1.29, 1.82) is 0 Å². The number of aryl methyl sites for hydroxylation is 1. The highest BCUT2D eigenvalue weighted by Crippen LogP contribution is 2.55. The van der Waals surface area contributed by atoms with Gasteiger partial charge in [-0.15, -0.1) is 0 Å². The Balaban J connectivity index is 1.57. The van der Waals surface area contributed by atoms with Gasteiger partial charge in [-0.05, 0) is 62.0 Å². The number of aromatic nitrogens is 1. The third-order valence-corrected chi connectivity index (χ3v) is 7.49. The third kappa shape index (κ3) is 5.19. The summed E-state index contributed by atoms with van der Waals surface area (Å²) < 4.78 is 54.0. The second-order valence-corrected chi connectivity index (χ2v) is 12.2. The van der Waals surface area contributed by atoms with Crippen LogP contribution in [0.3, 0.4) is 0 Å². The van der Waals surface area contributed by atoms with E-state index in [4.69, 9.17) is 18.6 Å². The summed E-state index contributed by atoms with van der Waals surface area (Å²) >= 11 is 0. The molecule has 2 aliphatic rings. The summed E-state index contributed by atoms with van der Waals surface area (Å²) in [6.07, 6.45) is 1.27. The largest absolute Gasteiger partial charge is 0.493 e. The average Bonchev–Trinajstić information content (AvgIpc) is 3.42. The van der Waals surface area contributed by atoms with Crippen LogP contribution in [-0.4, -0.2) is 53.2 Å². The summed E-state index contributed by atoms with van der Waals surface area (Å²) in [5, 5.41) is 11.3. The van der Waals surface area contributed by atoms with E-state index in [1.54, 1.807) is 25.1 Å². The van der Waals surface area contributed by atoms with Crippen LogP contribution in [0.1, 0.15) is 77.4 Å². The minimum Gasteiger partial charge on any atom is -0.493 e. The molecule has 0 spiro atoms. The smallest absolute Gasteiger partial charge is 0.352 e. The third-order valence-electron chi connectivity index (χ3n) is 7.49. The summed E-state index contributed by atoms with van der Waals surface area (Å²) in [7, 11) is 3.03. The lowest BCUT2D eigenvalue weighted by Gasteiger charge is -2.51. The number of benzene rings is 1. The Hall–Kier alpha value is -2.88. The van der Waals surface area contributed by atoms with Crippen molar-refractivity contribution in [3.05, 3.63) is 29.8 Å². The fraction of sp³-hybridized carbons (Fsp3) is 0.643. The highest BCUT2D eigenvalue weighted by Gasteiger charge is 2.65. The maximum absolute atomic E-state index is 15.9. The van der Waals surface area contributed by atoms with Gasteiger partial charge in [0.15, 0.2) is 11.5 Å². The quantitative estimate of drug-likeness (QED) is 0.460. The second-order valence-electron chi connectivity index (χ2n) is 12.2. The molecule has 0 bridgehead atoms. The molecule has 1 saturated heterocycles. The summed E-state index contributed by atoms with van der Waals surface area (Å²) in [5.41, 5.74) is -3.12. The first-order valence-electron chi connectivity index (χ1n) is 12.9. The molecular formula is C28H38F2N2O6. The van der Waals surface area contributed by atoms with Crippen LogP contribution in [0.2, 0.25) is 0 Å². The monoisotopic (exact) mass is 536 g/mol. The number of methoxy groups -OCH3 is 2. The Morgan fingerprint density at radius 2 is 1.74 bits per heavy atom. The van der Waals surface area contributed by atoms with Gasteiger partial charge in [-0.25, -0.2) is 4.98 Å². The molecule has 1 atom stereocenters. The number of ether oxygens (including phenoxy) is 3. The van der Waals surface area contributed by atoms with Gasteiger partial charge in [-0.3, -0.25) is 4.79 Å². The minimum atomic E-state index is -3.97. The van der Waals surface area contributed by atoms with Crippen molar-refractivity contribution in [3.8, 4) is 23.2 Å². The number of carbonyl (C=O) groups is 1. The van der Waals surface area contributed by atoms with E-state index in [2.05, 4.69) is 4.98 Å². The molecule has 2 heterocycles. The van der Waals surface area contributed by atoms with Gasteiger partial charge < -0.3 is 28.6 Å². The molecule has 1 N–H and O–H groups in total. The van der Waals surface area contributed by atoms with E-state index in [9.17, 15) is 9.90 Å². The lowest BCUT2D eigenvalue weighted by molar-refractivity contribution is -0.231. The molecule has 0 radical (unpaired) electrons. The van der Waals surface area contributed by atoms with Crippen molar-refractivity contribution >= 4 is 5.91 Å². The van der Waals surface area contributed by atoms with E-state index in [0.717, 1.165) is 4.90 Å². The molecule has 2 aromatic rings. The molecule has 10 heteroatoms. The summed E-state index contributed by atoms with van der Waals surface area (Å²) in [6, 6.07) is 4.19. The standard InChI is InChI=1S/C28H38F2N2O6/c1-17-23(37-18-10-11-20(35-6)21(13-18)36-7)38-22(31-17)19-9-8-12-32(19)24(33)28(29,30)27(34)15-25(2,3)14-26(4,5)16-27/h10-11,13,19,34H,8-9,12,14-16H2,1-7H3/t19-/m0/s1. The molecule has 1 aromatic carbocycles. The number of likely N-dealkylation sites (tertiary alicyclic amines) is 1. The van der Waals surface area contributed by atoms with Gasteiger partial charge in [0.1, 0.15) is 23.1 Å². The van der Waals surface area contributed by atoms with Crippen LogP contribution >= 0.6 is 0 Å². The van der Waals surface area contributed by atoms with Crippen LogP contribution < -0.4 is 14.2 Å². The Morgan fingerprint density at radius 3 is 2.34 bits per heavy atom.